The van der Waals surface area contributed by atoms with Gasteiger partial charge < -0.3 is 20.1 Å². The van der Waals surface area contributed by atoms with Crippen molar-refractivity contribution in [1.82, 2.24) is 15.3 Å². The van der Waals surface area contributed by atoms with Crippen LogP contribution >= 0.6 is 0 Å². The number of anilines is 1. The molecule has 1 aromatic heterocycles. The SMILES string of the molecule is CC1CCN(c2nc(C(=O)NC(CO)c3ccc(OC(F)(F)F)cc3)cc(=O)[nH]2)C1. The predicted octanol–water partition coefficient (Wildman–Crippen LogP) is 1.98. The molecule has 1 aromatic carbocycles. The number of nitrogens with zero attached hydrogens (tertiary/aromatic N) is 2. The van der Waals surface area contributed by atoms with Crippen LogP contribution in [0.2, 0.25) is 0 Å². The fraction of sp³-hybridized carbons (Fsp3) is 0.421. The fourth-order valence-corrected chi connectivity index (χ4v) is 3.21. The first kappa shape index (κ1) is 21.6. The van der Waals surface area contributed by atoms with E-state index in [0.717, 1.165) is 24.6 Å². The quantitative estimate of drug-likeness (QED) is 0.652. The number of carbonyl (C=O) groups is 1. The number of aliphatic hydroxyl groups is 1. The number of aliphatic hydroxyl groups excluding tert-OH is 1. The largest absolute Gasteiger partial charge is 0.573 e. The van der Waals surface area contributed by atoms with Crippen molar-refractivity contribution in [3.8, 4) is 5.75 Å². The Morgan fingerprint density at radius 3 is 2.67 bits per heavy atom. The summed E-state index contributed by atoms with van der Waals surface area (Å²) in [5.41, 5.74) is -0.249. The highest BCUT2D eigenvalue weighted by atomic mass is 19.4. The van der Waals surface area contributed by atoms with Crippen molar-refractivity contribution in [3.05, 3.63) is 51.9 Å². The summed E-state index contributed by atoms with van der Waals surface area (Å²) in [4.78, 5) is 33.3. The third-order valence-corrected chi connectivity index (χ3v) is 4.69. The van der Waals surface area contributed by atoms with Crippen LogP contribution in [0.3, 0.4) is 0 Å². The van der Waals surface area contributed by atoms with Crippen LogP contribution in [-0.4, -0.2) is 47.0 Å². The van der Waals surface area contributed by atoms with E-state index >= 15 is 0 Å². The van der Waals surface area contributed by atoms with E-state index in [1.54, 1.807) is 0 Å². The van der Waals surface area contributed by atoms with Crippen LogP contribution in [0.25, 0.3) is 0 Å². The number of hydrogen-bond donors (Lipinski definition) is 3. The monoisotopic (exact) mass is 426 g/mol. The lowest BCUT2D eigenvalue weighted by Gasteiger charge is -2.19. The molecule has 1 fully saturated rings. The van der Waals surface area contributed by atoms with Crippen LogP contribution in [0, 0.1) is 5.92 Å². The highest BCUT2D eigenvalue weighted by Crippen LogP contribution is 2.24. The minimum absolute atomic E-state index is 0.122. The number of nitrogens with one attached hydrogen (secondary N) is 2. The van der Waals surface area contributed by atoms with Gasteiger partial charge in [0.2, 0.25) is 5.95 Å². The van der Waals surface area contributed by atoms with E-state index in [4.69, 9.17) is 0 Å². The number of benzene rings is 1. The van der Waals surface area contributed by atoms with Gasteiger partial charge >= 0.3 is 6.36 Å². The number of ether oxygens (including phenoxy) is 1. The van der Waals surface area contributed by atoms with Gasteiger partial charge in [-0.3, -0.25) is 14.6 Å². The molecule has 162 valence electrons. The maximum absolute atomic E-state index is 12.6. The summed E-state index contributed by atoms with van der Waals surface area (Å²) in [6.07, 6.45) is -3.87. The zero-order chi connectivity index (χ0) is 21.9. The van der Waals surface area contributed by atoms with Crippen molar-refractivity contribution < 1.29 is 27.8 Å². The fourth-order valence-electron chi connectivity index (χ4n) is 3.21. The maximum Gasteiger partial charge on any atom is 0.573 e. The average Bonchev–Trinajstić information content (AvgIpc) is 3.11. The molecule has 1 saturated heterocycles. The zero-order valence-corrected chi connectivity index (χ0v) is 16.1. The van der Waals surface area contributed by atoms with Crippen molar-refractivity contribution in [2.24, 2.45) is 5.92 Å². The molecule has 2 unspecified atom stereocenters. The van der Waals surface area contributed by atoms with Gasteiger partial charge in [0.25, 0.3) is 11.5 Å². The van der Waals surface area contributed by atoms with Gasteiger partial charge in [0, 0.05) is 19.2 Å². The van der Waals surface area contributed by atoms with Crippen molar-refractivity contribution in [2.75, 3.05) is 24.6 Å². The van der Waals surface area contributed by atoms with Crippen LogP contribution in [0.1, 0.15) is 35.4 Å². The molecule has 3 rings (SSSR count). The van der Waals surface area contributed by atoms with Crippen molar-refractivity contribution in [1.29, 1.82) is 0 Å². The topological polar surface area (TPSA) is 108 Å². The normalized spacial score (nSPS) is 17.6. The molecule has 30 heavy (non-hydrogen) atoms. The molecule has 2 heterocycles. The lowest BCUT2D eigenvalue weighted by Crippen LogP contribution is -2.33. The van der Waals surface area contributed by atoms with E-state index in [1.807, 2.05) is 4.90 Å². The number of H-pyrrole nitrogens is 1. The van der Waals surface area contributed by atoms with Crippen LogP contribution < -0.4 is 20.5 Å². The molecule has 0 radical (unpaired) electrons. The molecule has 1 aliphatic heterocycles. The molecule has 0 saturated carbocycles. The number of hydrogen-bond acceptors (Lipinski definition) is 6. The van der Waals surface area contributed by atoms with Gasteiger partial charge in [-0.25, -0.2) is 4.98 Å². The third-order valence-electron chi connectivity index (χ3n) is 4.69. The average molecular weight is 426 g/mol. The van der Waals surface area contributed by atoms with Crippen LogP contribution in [0.15, 0.2) is 35.1 Å². The van der Waals surface area contributed by atoms with Crippen LogP contribution in [0.4, 0.5) is 19.1 Å². The molecule has 1 amide bonds. The van der Waals surface area contributed by atoms with Gasteiger partial charge in [-0.15, -0.1) is 13.2 Å². The molecule has 1 aliphatic rings. The Kier molecular flexibility index (Phi) is 6.30. The van der Waals surface area contributed by atoms with Gasteiger partial charge in [-0.2, -0.15) is 0 Å². The van der Waals surface area contributed by atoms with E-state index in [-0.39, 0.29) is 5.69 Å². The maximum atomic E-state index is 12.6. The third kappa shape index (κ3) is 5.50. The summed E-state index contributed by atoms with van der Waals surface area (Å²) in [5.74, 6) is -0.374. The van der Waals surface area contributed by atoms with E-state index in [9.17, 15) is 27.9 Å². The number of carbonyl (C=O) groups excluding carboxylic acids is 1. The van der Waals surface area contributed by atoms with E-state index < -0.39 is 36.2 Å². The van der Waals surface area contributed by atoms with E-state index in [2.05, 4.69) is 26.9 Å². The molecular weight excluding hydrogens is 405 g/mol. The molecule has 0 spiro atoms. The van der Waals surface area contributed by atoms with Gasteiger partial charge in [0.15, 0.2) is 0 Å². The second kappa shape index (κ2) is 8.74. The van der Waals surface area contributed by atoms with Crippen molar-refractivity contribution >= 4 is 11.9 Å². The molecule has 11 heteroatoms. The molecule has 0 aliphatic carbocycles. The smallest absolute Gasteiger partial charge is 0.406 e. The minimum atomic E-state index is -4.82. The Hall–Kier alpha value is -3.08. The summed E-state index contributed by atoms with van der Waals surface area (Å²) in [5, 5.41) is 12.2. The number of alkyl halides is 3. The second-order valence-electron chi connectivity index (χ2n) is 7.12. The molecule has 2 aromatic rings. The highest BCUT2D eigenvalue weighted by Gasteiger charge is 2.31. The Labute approximate surface area is 169 Å². The number of aromatic nitrogens is 2. The minimum Gasteiger partial charge on any atom is -0.406 e. The summed E-state index contributed by atoms with van der Waals surface area (Å²) in [6, 6.07) is 4.89. The van der Waals surface area contributed by atoms with Gasteiger partial charge in [0.05, 0.1) is 12.6 Å². The summed E-state index contributed by atoms with van der Waals surface area (Å²) < 4.78 is 40.6. The molecule has 8 nitrogen and oxygen atoms in total. The van der Waals surface area contributed by atoms with Crippen molar-refractivity contribution in [2.45, 2.75) is 25.7 Å². The molecule has 3 N–H and O–H groups in total. The second-order valence-corrected chi connectivity index (χ2v) is 7.12. The van der Waals surface area contributed by atoms with Gasteiger partial charge in [-0.05, 0) is 30.0 Å². The summed E-state index contributed by atoms with van der Waals surface area (Å²) in [6.45, 7) is 2.98. The highest BCUT2D eigenvalue weighted by molar-refractivity contribution is 5.92. The van der Waals surface area contributed by atoms with Crippen LogP contribution in [0.5, 0.6) is 5.75 Å². The summed E-state index contributed by atoms with van der Waals surface area (Å²) in [7, 11) is 0. The number of amides is 1. The lowest BCUT2D eigenvalue weighted by molar-refractivity contribution is -0.274. The Morgan fingerprint density at radius 2 is 2.10 bits per heavy atom. The first-order valence-corrected chi connectivity index (χ1v) is 9.28. The zero-order valence-electron chi connectivity index (χ0n) is 16.1. The standard InChI is InChI=1S/C19H21F3N4O4/c1-11-6-7-26(9-11)18-24-14(8-16(28)25-18)17(29)23-15(10-27)12-2-4-13(5-3-12)30-19(20,21)22/h2-5,8,11,15,27H,6-7,9-10H2,1H3,(H,23,29)(H,24,25,28). The number of halogens is 3. The summed E-state index contributed by atoms with van der Waals surface area (Å²) >= 11 is 0. The molecule has 0 bridgehead atoms. The first-order valence-electron chi connectivity index (χ1n) is 9.28. The molecule has 2 atom stereocenters. The number of rotatable bonds is 6. The Balaban J connectivity index is 1.74. The Morgan fingerprint density at radius 1 is 1.40 bits per heavy atom. The predicted molar refractivity (Wildman–Crippen MR) is 101 cm³/mol. The van der Waals surface area contributed by atoms with E-state index in [1.165, 1.54) is 12.1 Å². The van der Waals surface area contributed by atoms with Crippen molar-refractivity contribution in [3.63, 3.8) is 0 Å². The van der Waals surface area contributed by atoms with Gasteiger partial charge in [-0.1, -0.05) is 19.1 Å². The molecular formula is C19H21F3N4O4. The number of aromatic amines is 1. The van der Waals surface area contributed by atoms with Crippen LogP contribution in [-0.2, 0) is 0 Å². The Bertz CT molecular complexity index is 946. The van der Waals surface area contributed by atoms with Gasteiger partial charge in [0.1, 0.15) is 11.4 Å². The first-order chi connectivity index (χ1) is 14.1. The van der Waals surface area contributed by atoms with E-state index in [0.29, 0.717) is 30.5 Å². The lowest BCUT2D eigenvalue weighted by atomic mass is 10.1.